The lowest BCUT2D eigenvalue weighted by Gasteiger charge is -2.10. The van der Waals surface area contributed by atoms with E-state index in [0.29, 0.717) is 21.6 Å². The smallest absolute Gasteiger partial charge is 0.196 e. The Balaban J connectivity index is 1.62. The minimum atomic E-state index is 0.0679. The Hall–Kier alpha value is -2.89. The number of aromatic nitrogens is 3. The monoisotopic (exact) mass is 433 g/mol. The zero-order chi connectivity index (χ0) is 20.9. The van der Waals surface area contributed by atoms with E-state index in [4.69, 9.17) is 11.6 Å². The van der Waals surface area contributed by atoms with Crippen LogP contribution in [0.15, 0.2) is 84.0 Å². The number of nitrogens with zero attached hydrogens (tertiary/aromatic N) is 3. The summed E-state index contributed by atoms with van der Waals surface area (Å²) in [5.41, 5.74) is 3.78. The average Bonchev–Trinajstić information content (AvgIpc) is 3.22. The molecule has 0 aliphatic carbocycles. The maximum absolute atomic E-state index is 12.7. The molecule has 0 aliphatic heterocycles. The predicted molar refractivity (Wildman–Crippen MR) is 123 cm³/mol. The second-order valence-corrected chi connectivity index (χ2v) is 8.13. The highest BCUT2D eigenvalue weighted by atomic mass is 35.5. The third-order valence-corrected chi connectivity index (χ3v) is 5.95. The molecule has 4 rings (SSSR count). The van der Waals surface area contributed by atoms with Gasteiger partial charge in [0.15, 0.2) is 16.8 Å². The van der Waals surface area contributed by atoms with E-state index >= 15 is 0 Å². The highest BCUT2D eigenvalue weighted by Gasteiger charge is 2.17. The van der Waals surface area contributed by atoms with Crippen LogP contribution in [0.2, 0.25) is 5.02 Å². The lowest BCUT2D eigenvalue weighted by Crippen LogP contribution is -2.05. The van der Waals surface area contributed by atoms with Crippen molar-refractivity contribution in [1.29, 1.82) is 0 Å². The maximum atomic E-state index is 12.7. The molecule has 0 amide bonds. The van der Waals surface area contributed by atoms with Crippen molar-refractivity contribution < 1.29 is 4.79 Å². The van der Waals surface area contributed by atoms with Crippen LogP contribution < -0.4 is 0 Å². The number of Topliss-reactive ketones (excluding diaryl/α,β-unsaturated/α-hetero) is 1. The maximum Gasteiger partial charge on any atom is 0.196 e. The fourth-order valence-corrected chi connectivity index (χ4v) is 4.07. The molecule has 0 bridgehead atoms. The summed E-state index contributed by atoms with van der Waals surface area (Å²) in [5, 5.41) is 10.1. The standard InChI is InChI=1S/C24H20ClN3OS/c1-2-17-8-10-18(11-9-17)22(29)16-30-24-27-26-23(19-12-14-20(25)15-13-19)28(24)21-6-4-3-5-7-21/h3-15H,2,16H2,1H3. The third-order valence-electron chi connectivity index (χ3n) is 4.77. The minimum absolute atomic E-state index is 0.0679. The zero-order valence-electron chi connectivity index (χ0n) is 16.5. The topological polar surface area (TPSA) is 47.8 Å². The Morgan fingerprint density at radius 3 is 2.30 bits per heavy atom. The predicted octanol–water partition coefficient (Wildman–Crippen LogP) is 6.13. The van der Waals surface area contributed by atoms with E-state index in [1.54, 1.807) is 0 Å². The lowest BCUT2D eigenvalue weighted by atomic mass is 10.1. The first kappa shape index (κ1) is 20.4. The Bertz CT molecular complexity index is 1140. The number of ketones is 1. The first-order chi connectivity index (χ1) is 14.7. The molecular weight excluding hydrogens is 414 g/mol. The fourth-order valence-electron chi connectivity index (χ4n) is 3.10. The largest absolute Gasteiger partial charge is 0.293 e. The van der Waals surface area contributed by atoms with Gasteiger partial charge < -0.3 is 0 Å². The first-order valence-electron chi connectivity index (χ1n) is 9.67. The molecule has 1 heterocycles. The molecule has 0 aliphatic rings. The summed E-state index contributed by atoms with van der Waals surface area (Å²) >= 11 is 7.43. The summed E-state index contributed by atoms with van der Waals surface area (Å²) in [5.74, 6) is 1.07. The quantitative estimate of drug-likeness (QED) is 0.260. The van der Waals surface area contributed by atoms with E-state index in [2.05, 4.69) is 17.1 Å². The first-order valence-corrected chi connectivity index (χ1v) is 11.0. The molecule has 3 aromatic carbocycles. The van der Waals surface area contributed by atoms with Gasteiger partial charge in [-0.15, -0.1) is 10.2 Å². The van der Waals surface area contributed by atoms with Gasteiger partial charge in [-0.05, 0) is 48.4 Å². The Kier molecular flexibility index (Phi) is 6.31. The van der Waals surface area contributed by atoms with Crippen LogP contribution in [0.4, 0.5) is 0 Å². The molecular formula is C24H20ClN3OS. The SMILES string of the molecule is CCc1ccc(C(=O)CSc2nnc(-c3ccc(Cl)cc3)n2-c2ccccc2)cc1. The molecule has 1 aromatic heterocycles. The van der Waals surface area contributed by atoms with Crippen molar-refractivity contribution >= 4 is 29.1 Å². The molecule has 4 aromatic rings. The molecule has 4 nitrogen and oxygen atoms in total. The van der Waals surface area contributed by atoms with Crippen molar-refractivity contribution in [3.8, 4) is 17.1 Å². The highest BCUT2D eigenvalue weighted by molar-refractivity contribution is 7.99. The zero-order valence-corrected chi connectivity index (χ0v) is 18.0. The molecule has 0 radical (unpaired) electrons. The van der Waals surface area contributed by atoms with Gasteiger partial charge in [0.2, 0.25) is 0 Å². The molecule has 0 fully saturated rings. The Morgan fingerprint density at radius 1 is 0.933 bits per heavy atom. The van der Waals surface area contributed by atoms with Gasteiger partial charge in [-0.25, -0.2) is 0 Å². The molecule has 0 unspecified atom stereocenters. The van der Waals surface area contributed by atoms with Crippen LogP contribution in [-0.4, -0.2) is 26.3 Å². The fraction of sp³-hybridized carbons (Fsp3) is 0.125. The van der Waals surface area contributed by atoms with E-state index in [9.17, 15) is 4.79 Å². The van der Waals surface area contributed by atoms with E-state index in [1.807, 2.05) is 83.4 Å². The van der Waals surface area contributed by atoms with Crippen molar-refractivity contribution in [2.24, 2.45) is 0 Å². The van der Waals surface area contributed by atoms with Gasteiger partial charge >= 0.3 is 0 Å². The van der Waals surface area contributed by atoms with Crippen LogP contribution >= 0.6 is 23.4 Å². The number of aryl methyl sites for hydroxylation is 1. The van der Waals surface area contributed by atoms with Crippen LogP contribution in [-0.2, 0) is 6.42 Å². The second-order valence-electron chi connectivity index (χ2n) is 6.75. The van der Waals surface area contributed by atoms with Gasteiger partial charge in [0.25, 0.3) is 0 Å². The summed E-state index contributed by atoms with van der Waals surface area (Å²) < 4.78 is 1.97. The van der Waals surface area contributed by atoms with Gasteiger partial charge in [-0.1, -0.05) is 72.8 Å². The summed E-state index contributed by atoms with van der Waals surface area (Å²) in [6.45, 7) is 2.10. The Labute approximate surface area is 184 Å². The van der Waals surface area contributed by atoms with Gasteiger partial charge in [0.05, 0.1) is 5.75 Å². The van der Waals surface area contributed by atoms with Crippen molar-refractivity contribution in [2.45, 2.75) is 18.5 Å². The summed E-state index contributed by atoms with van der Waals surface area (Å²) in [6, 6.07) is 25.2. The van der Waals surface area contributed by atoms with Crippen LogP contribution in [0.5, 0.6) is 0 Å². The van der Waals surface area contributed by atoms with Gasteiger partial charge in [0, 0.05) is 21.8 Å². The average molecular weight is 434 g/mol. The van der Waals surface area contributed by atoms with Gasteiger partial charge in [0.1, 0.15) is 0 Å². The molecule has 0 saturated carbocycles. The number of carbonyl (C=O) groups is 1. The van der Waals surface area contributed by atoms with Crippen LogP contribution in [0.25, 0.3) is 17.1 Å². The van der Waals surface area contributed by atoms with Crippen molar-refractivity contribution in [3.05, 3.63) is 95.0 Å². The molecule has 0 N–H and O–H groups in total. The number of rotatable bonds is 7. The number of carbonyl (C=O) groups excluding carboxylic acids is 1. The third kappa shape index (κ3) is 4.48. The Morgan fingerprint density at radius 2 is 1.63 bits per heavy atom. The highest BCUT2D eigenvalue weighted by Crippen LogP contribution is 2.29. The molecule has 0 spiro atoms. The van der Waals surface area contributed by atoms with Crippen LogP contribution in [0, 0.1) is 0 Å². The van der Waals surface area contributed by atoms with E-state index in [-0.39, 0.29) is 11.5 Å². The van der Waals surface area contributed by atoms with E-state index in [1.165, 1.54) is 17.3 Å². The molecule has 150 valence electrons. The van der Waals surface area contributed by atoms with Crippen LogP contribution in [0.3, 0.4) is 0 Å². The molecule has 30 heavy (non-hydrogen) atoms. The molecule has 0 atom stereocenters. The summed E-state index contributed by atoms with van der Waals surface area (Å²) in [6.07, 6.45) is 0.955. The van der Waals surface area contributed by atoms with Gasteiger partial charge in [-0.2, -0.15) is 0 Å². The molecule has 6 heteroatoms. The minimum Gasteiger partial charge on any atom is -0.293 e. The van der Waals surface area contributed by atoms with E-state index in [0.717, 1.165) is 17.7 Å². The number of hydrogen-bond donors (Lipinski definition) is 0. The summed E-state index contributed by atoms with van der Waals surface area (Å²) in [7, 11) is 0. The van der Waals surface area contributed by atoms with Crippen LogP contribution in [0.1, 0.15) is 22.8 Å². The van der Waals surface area contributed by atoms with Crippen molar-refractivity contribution in [1.82, 2.24) is 14.8 Å². The van der Waals surface area contributed by atoms with Crippen molar-refractivity contribution in [3.63, 3.8) is 0 Å². The second kappa shape index (κ2) is 9.28. The number of benzene rings is 3. The van der Waals surface area contributed by atoms with E-state index < -0.39 is 0 Å². The van der Waals surface area contributed by atoms with Crippen molar-refractivity contribution in [2.75, 3.05) is 5.75 Å². The normalized spacial score (nSPS) is 10.9. The number of halogens is 1. The molecule has 0 saturated heterocycles. The summed E-state index contributed by atoms with van der Waals surface area (Å²) in [4.78, 5) is 12.7. The number of thioether (sulfide) groups is 1. The lowest BCUT2D eigenvalue weighted by molar-refractivity contribution is 0.102. The number of hydrogen-bond acceptors (Lipinski definition) is 4. The number of para-hydroxylation sites is 1. The van der Waals surface area contributed by atoms with Gasteiger partial charge in [-0.3, -0.25) is 9.36 Å².